The maximum Gasteiger partial charge on any atom is 0.256 e. The fraction of sp³-hybridized carbons (Fsp3) is 0.438. The van der Waals surface area contributed by atoms with E-state index >= 15 is 0 Å². The van der Waals surface area contributed by atoms with Crippen LogP contribution in [0.15, 0.2) is 36.7 Å². The number of benzene rings is 1. The molecule has 3 rings (SSSR count). The van der Waals surface area contributed by atoms with Gasteiger partial charge in [-0.05, 0) is 5.56 Å². The summed E-state index contributed by atoms with van der Waals surface area (Å²) in [7, 11) is 3.41. The number of ether oxygens (including phenoxy) is 2. The highest BCUT2D eigenvalue weighted by atomic mass is 16.5. The maximum absolute atomic E-state index is 12.8. The van der Waals surface area contributed by atoms with Gasteiger partial charge in [-0.25, -0.2) is 0 Å². The molecule has 7 nitrogen and oxygen atoms in total. The van der Waals surface area contributed by atoms with E-state index in [-0.39, 0.29) is 12.0 Å². The summed E-state index contributed by atoms with van der Waals surface area (Å²) in [6.45, 7) is 1.45. The van der Waals surface area contributed by atoms with Crippen molar-refractivity contribution in [1.29, 1.82) is 0 Å². The van der Waals surface area contributed by atoms with Crippen molar-refractivity contribution >= 4 is 5.91 Å². The van der Waals surface area contributed by atoms with Crippen LogP contribution in [0.3, 0.4) is 0 Å². The van der Waals surface area contributed by atoms with Crippen LogP contribution in [0.25, 0.3) is 0 Å². The predicted molar refractivity (Wildman–Crippen MR) is 82.5 cm³/mol. The number of aryl methyl sites for hydroxylation is 1. The van der Waals surface area contributed by atoms with Crippen molar-refractivity contribution in [3.05, 3.63) is 48.0 Å². The zero-order valence-corrected chi connectivity index (χ0v) is 13.3. The van der Waals surface area contributed by atoms with Crippen LogP contribution in [0.2, 0.25) is 0 Å². The molecular formula is C16H20N4O3. The van der Waals surface area contributed by atoms with Crippen molar-refractivity contribution in [2.75, 3.05) is 26.8 Å². The van der Waals surface area contributed by atoms with Crippen LogP contribution in [0, 0.1) is 0 Å². The Balaban J connectivity index is 1.75. The van der Waals surface area contributed by atoms with E-state index in [4.69, 9.17) is 9.47 Å². The molecule has 0 aliphatic carbocycles. The number of amides is 1. The molecule has 2 aromatic rings. The number of hydrogen-bond donors (Lipinski definition) is 0. The molecule has 0 saturated carbocycles. The Morgan fingerprint density at radius 3 is 2.83 bits per heavy atom. The Morgan fingerprint density at radius 1 is 1.39 bits per heavy atom. The van der Waals surface area contributed by atoms with Gasteiger partial charge in [0.05, 0.1) is 13.2 Å². The van der Waals surface area contributed by atoms with E-state index in [1.165, 1.54) is 0 Å². The number of carbonyl (C=O) groups excluding carboxylic acids is 1. The van der Waals surface area contributed by atoms with E-state index in [2.05, 4.69) is 10.2 Å². The van der Waals surface area contributed by atoms with Crippen LogP contribution in [0.4, 0.5) is 0 Å². The van der Waals surface area contributed by atoms with Gasteiger partial charge in [0.15, 0.2) is 11.9 Å². The van der Waals surface area contributed by atoms with Crippen LogP contribution >= 0.6 is 0 Å². The molecule has 1 aromatic heterocycles. The summed E-state index contributed by atoms with van der Waals surface area (Å²) in [4.78, 5) is 14.6. The highest BCUT2D eigenvalue weighted by Crippen LogP contribution is 2.24. The molecule has 23 heavy (non-hydrogen) atoms. The number of nitrogens with zero attached hydrogens (tertiary/aromatic N) is 4. The fourth-order valence-corrected chi connectivity index (χ4v) is 2.76. The van der Waals surface area contributed by atoms with Crippen molar-refractivity contribution in [2.24, 2.45) is 7.05 Å². The topological polar surface area (TPSA) is 69.5 Å². The summed E-state index contributed by atoms with van der Waals surface area (Å²) < 4.78 is 13.0. The number of hydrogen-bond acceptors (Lipinski definition) is 5. The van der Waals surface area contributed by atoms with Crippen LogP contribution in [0.1, 0.15) is 23.6 Å². The summed E-state index contributed by atoms with van der Waals surface area (Å²) in [6, 6.07) is 9.51. The first-order valence-electron chi connectivity index (χ1n) is 7.52. The van der Waals surface area contributed by atoms with Crippen LogP contribution < -0.4 is 0 Å². The van der Waals surface area contributed by atoms with Gasteiger partial charge >= 0.3 is 0 Å². The van der Waals surface area contributed by atoms with Gasteiger partial charge in [0.25, 0.3) is 5.91 Å². The van der Waals surface area contributed by atoms with Crippen molar-refractivity contribution in [3.8, 4) is 0 Å². The number of morpholine rings is 1. The SMILES string of the molecule is CO[C@H](C(=O)N1CCO[C@@H](c2nncn2C)C1)c1ccccc1. The van der Waals surface area contributed by atoms with Crippen molar-refractivity contribution in [3.63, 3.8) is 0 Å². The van der Waals surface area contributed by atoms with E-state index in [0.717, 1.165) is 11.4 Å². The molecule has 0 radical (unpaired) electrons. The average molecular weight is 316 g/mol. The standard InChI is InChI=1S/C16H20N4O3/c1-19-11-17-18-15(19)13-10-20(8-9-23-13)16(21)14(22-2)12-6-4-3-5-7-12/h3-7,11,13-14H,8-10H2,1-2H3/t13-,14+/m1/s1. The third-order valence-electron chi connectivity index (χ3n) is 3.97. The van der Waals surface area contributed by atoms with Gasteiger partial charge in [-0.15, -0.1) is 10.2 Å². The second kappa shape index (κ2) is 6.89. The van der Waals surface area contributed by atoms with Gasteiger partial charge in [0.1, 0.15) is 12.4 Å². The second-order valence-electron chi connectivity index (χ2n) is 5.47. The maximum atomic E-state index is 12.8. The Morgan fingerprint density at radius 2 is 2.17 bits per heavy atom. The molecule has 2 atom stereocenters. The zero-order chi connectivity index (χ0) is 16.2. The highest BCUT2D eigenvalue weighted by molar-refractivity contribution is 5.82. The Bertz CT molecular complexity index is 658. The zero-order valence-electron chi connectivity index (χ0n) is 13.3. The van der Waals surface area contributed by atoms with E-state index in [0.29, 0.717) is 19.7 Å². The smallest absolute Gasteiger partial charge is 0.256 e. The number of rotatable bonds is 4. The minimum Gasteiger partial charge on any atom is -0.367 e. The van der Waals surface area contributed by atoms with Gasteiger partial charge in [-0.2, -0.15) is 0 Å². The molecule has 1 aliphatic rings. The average Bonchev–Trinajstić information content (AvgIpc) is 3.02. The minimum atomic E-state index is -0.602. The van der Waals surface area contributed by atoms with E-state index in [9.17, 15) is 4.79 Å². The van der Waals surface area contributed by atoms with Crippen molar-refractivity contribution in [1.82, 2.24) is 19.7 Å². The van der Waals surface area contributed by atoms with Crippen LogP contribution in [-0.4, -0.2) is 52.4 Å². The van der Waals surface area contributed by atoms with Crippen LogP contribution in [-0.2, 0) is 21.3 Å². The lowest BCUT2D eigenvalue weighted by Crippen LogP contribution is -2.45. The van der Waals surface area contributed by atoms with Crippen LogP contribution in [0.5, 0.6) is 0 Å². The van der Waals surface area contributed by atoms with Gasteiger partial charge in [-0.3, -0.25) is 4.79 Å². The lowest BCUT2D eigenvalue weighted by molar-refractivity contribution is -0.150. The predicted octanol–water partition coefficient (Wildman–Crippen LogP) is 1.10. The molecule has 1 amide bonds. The molecule has 1 aliphatic heterocycles. The molecule has 1 aromatic carbocycles. The Labute approximate surface area is 134 Å². The summed E-state index contributed by atoms with van der Waals surface area (Å²) in [5, 5.41) is 7.95. The van der Waals surface area contributed by atoms with Gasteiger partial charge in [-0.1, -0.05) is 30.3 Å². The van der Waals surface area contributed by atoms with E-state index in [1.807, 2.05) is 41.9 Å². The number of aromatic nitrogens is 3. The summed E-state index contributed by atoms with van der Waals surface area (Å²) >= 11 is 0. The normalized spacial score (nSPS) is 19.6. The van der Waals surface area contributed by atoms with Gasteiger partial charge < -0.3 is 18.9 Å². The number of methoxy groups -OCH3 is 1. The largest absolute Gasteiger partial charge is 0.367 e. The molecule has 1 saturated heterocycles. The lowest BCUT2D eigenvalue weighted by Gasteiger charge is -2.34. The summed E-state index contributed by atoms with van der Waals surface area (Å²) in [6.07, 6.45) is 0.754. The Kier molecular flexibility index (Phi) is 4.68. The molecule has 0 bridgehead atoms. The third-order valence-corrected chi connectivity index (χ3v) is 3.97. The van der Waals surface area contributed by atoms with E-state index in [1.54, 1.807) is 18.3 Å². The lowest BCUT2D eigenvalue weighted by atomic mass is 10.1. The van der Waals surface area contributed by atoms with Gasteiger partial charge in [0.2, 0.25) is 0 Å². The molecule has 7 heteroatoms. The molecule has 0 spiro atoms. The van der Waals surface area contributed by atoms with E-state index < -0.39 is 6.10 Å². The second-order valence-corrected chi connectivity index (χ2v) is 5.47. The van der Waals surface area contributed by atoms with Gasteiger partial charge in [0, 0.05) is 20.7 Å². The van der Waals surface area contributed by atoms with Crippen molar-refractivity contribution < 1.29 is 14.3 Å². The quantitative estimate of drug-likeness (QED) is 0.845. The molecule has 1 fully saturated rings. The highest BCUT2D eigenvalue weighted by Gasteiger charge is 2.32. The minimum absolute atomic E-state index is 0.0610. The van der Waals surface area contributed by atoms with Crippen molar-refractivity contribution in [2.45, 2.75) is 12.2 Å². The first-order chi connectivity index (χ1) is 11.2. The summed E-state index contributed by atoms with van der Waals surface area (Å²) in [5.74, 6) is 0.658. The number of carbonyl (C=O) groups is 1. The summed E-state index contributed by atoms with van der Waals surface area (Å²) in [5.41, 5.74) is 0.849. The fourth-order valence-electron chi connectivity index (χ4n) is 2.76. The monoisotopic (exact) mass is 316 g/mol. The Hall–Kier alpha value is -2.25. The third kappa shape index (κ3) is 3.25. The first kappa shape index (κ1) is 15.6. The first-order valence-corrected chi connectivity index (χ1v) is 7.52. The molecule has 0 N–H and O–H groups in total. The molecule has 2 heterocycles. The molecule has 122 valence electrons. The molecule has 0 unspecified atom stereocenters. The molecular weight excluding hydrogens is 296 g/mol.